The van der Waals surface area contributed by atoms with Crippen LogP contribution in [0.2, 0.25) is 0 Å². The molecule has 4 rings (SSSR count). The van der Waals surface area contributed by atoms with Crippen molar-refractivity contribution >= 4 is 5.91 Å². The number of hydrogen-bond acceptors (Lipinski definition) is 2. The molecule has 0 heterocycles. The van der Waals surface area contributed by atoms with Crippen LogP contribution in [0.5, 0.6) is 0 Å². The van der Waals surface area contributed by atoms with Gasteiger partial charge in [-0.2, -0.15) is 0 Å². The zero-order valence-corrected chi connectivity index (χ0v) is 11.4. The first kappa shape index (κ1) is 12.5. The van der Waals surface area contributed by atoms with E-state index in [9.17, 15) is 4.79 Å². The second kappa shape index (κ2) is 4.84. The lowest BCUT2D eigenvalue weighted by atomic mass is 9.51. The molecule has 0 saturated heterocycles. The summed E-state index contributed by atoms with van der Waals surface area (Å²) in [5.41, 5.74) is 5.36. The summed E-state index contributed by atoms with van der Waals surface area (Å²) in [4.78, 5) is 11.3. The van der Waals surface area contributed by atoms with Crippen molar-refractivity contribution < 1.29 is 4.79 Å². The average Bonchev–Trinajstić information content (AvgIpc) is 2.32. The summed E-state index contributed by atoms with van der Waals surface area (Å²) in [6.45, 7) is 2.25. The zero-order chi connectivity index (χ0) is 12.7. The number of nitrogens with two attached hydrogens (primary N) is 1. The highest BCUT2D eigenvalue weighted by Crippen LogP contribution is 2.57. The summed E-state index contributed by atoms with van der Waals surface area (Å²) < 4.78 is 0. The fourth-order valence-corrected chi connectivity index (χ4v) is 5.22. The van der Waals surface area contributed by atoms with E-state index in [0.29, 0.717) is 6.04 Å². The van der Waals surface area contributed by atoms with Crippen LogP contribution in [0, 0.1) is 29.6 Å². The lowest BCUT2D eigenvalue weighted by Gasteiger charge is -2.55. The van der Waals surface area contributed by atoms with E-state index in [1.807, 2.05) is 0 Å². The van der Waals surface area contributed by atoms with Crippen LogP contribution < -0.4 is 11.1 Å². The molecule has 0 aromatic rings. The third-order valence-corrected chi connectivity index (χ3v) is 5.64. The van der Waals surface area contributed by atoms with Gasteiger partial charge in [0, 0.05) is 6.04 Å². The predicted octanol–water partition coefficient (Wildman–Crippen LogP) is 1.91. The second-order valence-corrected chi connectivity index (χ2v) is 7.00. The highest BCUT2D eigenvalue weighted by Gasteiger charge is 2.48. The van der Waals surface area contributed by atoms with Crippen LogP contribution in [0.25, 0.3) is 0 Å². The van der Waals surface area contributed by atoms with Crippen molar-refractivity contribution in [3.63, 3.8) is 0 Å². The number of carbonyl (C=O) groups is 1. The highest BCUT2D eigenvalue weighted by atomic mass is 16.1. The maximum atomic E-state index is 11.3. The van der Waals surface area contributed by atoms with Crippen LogP contribution >= 0.6 is 0 Å². The molecule has 0 aliphatic heterocycles. The lowest BCUT2D eigenvalue weighted by molar-refractivity contribution is -0.120. The summed E-state index contributed by atoms with van der Waals surface area (Å²) in [7, 11) is 0. The Kier molecular flexibility index (Phi) is 3.35. The van der Waals surface area contributed by atoms with E-state index in [0.717, 1.165) is 29.6 Å². The van der Waals surface area contributed by atoms with E-state index in [4.69, 9.17) is 5.73 Å². The van der Waals surface area contributed by atoms with Gasteiger partial charge in [-0.25, -0.2) is 0 Å². The van der Waals surface area contributed by atoms with Crippen molar-refractivity contribution in [2.75, 3.05) is 6.54 Å². The van der Waals surface area contributed by atoms with Gasteiger partial charge in [0.2, 0.25) is 5.91 Å². The molecule has 18 heavy (non-hydrogen) atoms. The number of rotatable bonds is 4. The molecule has 4 aliphatic carbocycles. The maximum absolute atomic E-state index is 11.3. The minimum Gasteiger partial charge on any atom is -0.353 e. The van der Waals surface area contributed by atoms with Crippen molar-refractivity contribution in [2.45, 2.75) is 51.5 Å². The Labute approximate surface area is 110 Å². The Bertz CT molecular complexity index is 300. The fraction of sp³-hybridized carbons (Fsp3) is 0.933. The van der Waals surface area contributed by atoms with Gasteiger partial charge in [-0.3, -0.25) is 4.79 Å². The molecule has 1 unspecified atom stereocenters. The van der Waals surface area contributed by atoms with Gasteiger partial charge in [0.25, 0.3) is 0 Å². The van der Waals surface area contributed by atoms with Crippen molar-refractivity contribution in [3.8, 4) is 0 Å². The normalized spacial score (nSPS) is 42.9. The lowest BCUT2D eigenvalue weighted by Crippen LogP contribution is -2.47. The van der Waals surface area contributed by atoms with Crippen LogP contribution in [0.4, 0.5) is 0 Å². The third kappa shape index (κ3) is 2.29. The molecule has 0 aromatic carbocycles. The van der Waals surface area contributed by atoms with Crippen molar-refractivity contribution in [1.29, 1.82) is 0 Å². The van der Waals surface area contributed by atoms with E-state index in [1.54, 1.807) is 0 Å². The van der Waals surface area contributed by atoms with Gasteiger partial charge >= 0.3 is 0 Å². The molecule has 4 aliphatic rings. The van der Waals surface area contributed by atoms with Crippen LogP contribution in [0.15, 0.2) is 0 Å². The number of carbonyl (C=O) groups excluding carboxylic acids is 1. The van der Waals surface area contributed by atoms with Crippen molar-refractivity contribution in [3.05, 3.63) is 0 Å². The molecule has 1 amide bonds. The standard InChI is InChI=1S/C15H26N2O/c1-9(17-15(18)8-16)2-14-12-4-10-3-11(6-12)7-13(14)5-10/h9-14H,2-8,16H2,1H3,(H,17,18). The monoisotopic (exact) mass is 250 g/mol. The topological polar surface area (TPSA) is 55.1 Å². The number of amides is 1. The fourth-order valence-electron chi connectivity index (χ4n) is 5.22. The SMILES string of the molecule is CC(CC1C2CC3CC(C2)CC1C3)NC(=O)CN. The molecule has 1 atom stereocenters. The van der Waals surface area contributed by atoms with Gasteiger partial charge in [-0.1, -0.05) is 0 Å². The van der Waals surface area contributed by atoms with Crippen LogP contribution in [0.1, 0.15) is 45.4 Å². The molecule has 4 fully saturated rings. The molecular formula is C15H26N2O. The minimum atomic E-state index is -0.00804. The molecular weight excluding hydrogens is 224 g/mol. The van der Waals surface area contributed by atoms with Crippen LogP contribution in [0.3, 0.4) is 0 Å². The molecule has 0 radical (unpaired) electrons. The van der Waals surface area contributed by atoms with E-state index in [2.05, 4.69) is 12.2 Å². The van der Waals surface area contributed by atoms with Gasteiger partial charge in [0.05, 0.1) is 6.54 Å². The van der Waals surface area contributed by atoms with Crippen LogP contribution in [-0.4, -0.2) is 18.5 Å². The Morgan fingerprint density at radius 2 is 1.72 bits per heavy atom. The van der Waals surface area contributed by atoms with Gasteiger partial charge in [0.15, 0.2) is 0 Å². The summed E-state index contributed by atoms with van der Waals surface area (Å²) in [6, 6.07) is 0.295. The molecule has 3 heteroatoms. The quantitative estimate of drug-likeness (QED) is 0.801. The Balaban J connectivity index is 1.58. The zero-order valence-electron chi connectivity index (χ0n) is 11.4. The Morgan fingerprint density at radius 3 is 2.22 bits per heavy atom. The van der Waals surface area contributed by atoms with Gasteiger partial charge in [0.1, 0.15) is 0 Å². The van der Waals surface area contributed by atoms with Gasteiger partial charge in [-0.05, 0) is 75.0 Å². The first-order valence-electron chi connectivity index (χ1n) is 7.65. The summed E-state index contributed by atoms with van der Waals surface area (Å²) in [5, 5.41) is 3.02. The molecule has 102 valence electrons. The van der Waals surface area contributed by atoms with Crippen molar-refractivity contribution in [1.82, 2.24) is 5.32 Å². The highest BCUT2D eigenvalue weighted by molar-refractivity contribution is 5.77. The molecule has 3 N–H and O–H groups in total. The minimum absolute atomic E-state index is 0.00804. The summed E-state index contributed by atoms with van der Waals surface area (Å²) >= 11 is 0. The third-order valence-electron chi connectivity index (χ3n) is 5.64. The van der Waals surface area contributed by atoms with Crippen LogP contribution in [-0.2, 0) is 4.79 Å². The van der Waals surface area contributed by atoms with Gasteiger partial charge in [-0.15, -0.1) is 0 Å². The Morgan fingerprint density at radius 1 is 1.17 bits per heavy atom. The molecule has 0 spiro atoms. The first-order chi connectivity index (χ1) is 8.65. The van der Waals surface area contributed by atoms with Gasteiger partial charge < -0.3 is 11.1 Å². The first-order valence-corrected chi connectivity index (χ1v) is 7.65. The molecule has 3 nitrogen and oxygen atoms in total. The Hall–Kier alpha value is -0.570. The van der Waals surface area contributed by atoms with E-state index < -0.39 is 0 Å². The summed E-state index contributed by atoms with van der Waals surface area (Å²) in [5.74, 6) is 4.85. The predicted molar refractivity (Wildman–Crippen MR) is 71.8 cm³/mol. The maximum Gasteiger partial charge on any atom is 0.233 e. The largest absolute Gasteiger partial charge is 0.353 e. The average molecular weight is 250 g/mol. The summed E-state index contributed by atoms with van der Waals surface area (Å²) in [6.07, 6.45) is 8.55. The van der Waals surface area contributed by atoms with E-state index in [1.165, 1.54) is 38.5 Å². The molecule has 4 saturated carbocycles. The molecule has 4 bridgehead atoms. The second-order valence-electron chi connectivity index (χ2n) is 7.00. The van der Waals surface area contributed by atoms with E-state index >= 15 is 0 Å². The van der Waals surface area contributed by atoms with E-state index in [-0.39, 0.29) is 12.5 Å². The molecule has 0 aromatic heterocycles. The van der Waals surface area contributed by atoms with Crippen molar-refractivity contribution in [2.24, 2.45) is 35.3 Å². The smallest absolute Gasteiger partial charge is 0.233 e. The number of hydrogen-bond donors (Lipinski definition) is 2. The number of nitrogens with one attached hydrogen (secondary N) is 1.